The largest absolute Gasteiger partial charge is 0.476 e. The van der Waals surface area contributed by atoms with Gasteiger partial charge in [-0.25, -0.2) is 24.5 Å². The SMILES string of the molecule is CC1CCN(C(=O)Nc2ccc(OCCNC(=O)O)nc2)CC1N(C)c1ncnc2[nH]ccc12. The number of carbonyl (C=O) groups excluding carboxylic acids is 1. The Balaban J connectivity index is 1.35. The number of pyridine rings is 1. The molecule has 1 saturated heterocycles. The van der Waals surface area contributed by atoms with Crippen molar-refractivity contribution >= 4 is 34.7 Å². The van der Waals surface area contributed by atoms with Gasteiger partial charge in [-0.15, -0.1) is 0 Å². The second-order valence-corrected chi connectivity index (χ2v) is 8.22. The second-order valence-electron chi connectivity index (χ2n) is 8.22. The van der Waals surface area contributed by atoms with E-state index in [1.54, 1.807) is 23.4 Å². The van der Waals surface area contributed by atoms with Crippen LogP contribution in [0.1, 0.15) is 13.3 Å². The van der Waals surface area contributed by atoms with Gasteiger partial charge in [0, 0.05) is 32.4 Å². The minimum absolute atomic E-state index is 0.0980. The van der Waals surface area contributed by atoms with Gasteiger partial charge in [-0.3, -0.25) is 0 Å². The number of rotatable bonds is 7. The number of carbonyl (C=O) groups is 2. The van der Waals surface area contributed by atoms with Gasteiger partial charge in [0.05, 0.1) is 29.9 Å². The maximum absolute atomic E-state index is 13.0. The number of likely N-dealkylation sites (tertiary alicyclic amines) is 1. The minimum Gasteiger partial charge on any atom is -0.476 e. The molecule has 2 unspecified atom stereocenters. The van der Waals surface area contributed by atoms with Gasteiger partial charge in [-0.05, 0) is 24.5 Å². The molecular formula is C22H28N8O4. The zero-order chi connectivity index (χ0) is 24.1. The summed E-state index contributed by atoms with van der Waals surface area (Å²) in [5.41, 5.74) is 1.34. The van der Waals surface area contributed by atoms with Gasteiger partial charge in [0.1, 0.15) is 24.4 Å². The number of nitrogens with one attached hydrogen (secondary N) is 3. The smallest absolute Gasteiger partial charge is 0.404 e. The molecule has 0 spiro atoms. The van der Waals surface area contributed by atoms with Gasteiger partial charge in [0.2, 0.25) is 5.88 Å². The molecule has 0 aromatic carbocycles. The number of H-pyrrole nitrogens is 1. The van der Waals surface area contributed by atoms with Crippen LogP contribution in [0.5, 0.6) is 5.88 Å². The third kappa shape index (κ3) is 5.27. The fourth-order valence-corrected chi connectivity index (χ4v) is 4.09. The lowest BCUT2D eigenvalue weighted by Gasteiger charge is -2.42. The van der Waals surface area contributed by atoms with Crippen LogP contribution in [-0.2, 0) is 0 Å². The van der Waals surface area contributed by atoms with E-state index in [0.29, 0.717) is 30.6 Å². The first-order valence-corrected chi connectivity index (χ1v) is 11.0. The fourth-order valence-electron chi connectivity index (χ4n) is 4.09. The predicted molar refractivity (Wildman–Crippen MR) is 126 cm³/mol. The van der Waals surface area contributed by atoms with Gasteiger partial charge < -0.3 is 35.3 Å². The van der Waals surface area contributed by atoms with Crippen LogP contribution in [-0.4, -0.2) is 81.4 Å². The van der Waals surface area contributed by atoms with Crippen molar-refractivity contribution in [1.29, 1.82) is 0 Å². The zero-order valence-corrected chi connectivity index (χ0v) is 19.1. The van der Waals surface area contributed by atoms with Crippen molar-refractivity contribution in [3.05, 3.63) is 36.9 Å². The molecular weight excluding hydrogens is 440 g/mol. The highest BCUT2D eigenvalue weighted by atomic mass is 16.5. The van der Waals surface area contributed by atoms with E-state index in [1.807, 2.05) is 19.3 Å². The van der Waals surface area contributed by atoms with Crippen LogP contribution < -0.4 is 20.3 Å². The third-order valence-corrected chi connectivity index (χ3v) is 5.99. The summed E-state index contributed by atoms with van der Waals surface area (Å²) < 4.78 is 5.37. The number of hydrogen-bond donors (Lipinski definition) is 4. The lowest BCUT2D eigenvalue weighted by atomic mass is 9.92. The Morgan fingerprint density at radius 1 is 1.29 bits per heavy atom. The fraction of sp³-hybridized carbons (Fsp3) is 0.409. The lowest BCUT2D eigenvalue weighted by molar-refractivity contribution is 0.172. The number of hydrogen-bond acceptors (Lipinski definition) is 7. The van der Waals surface area contributed by atoms with Crippen LogP contribution in [0.4, 0.5) is 21.1 Å². The van der Waals surface area contributed by atoms with Crippen molar-refractivity contribution in [1.82, 2.24) is 30.2 Å². The highest BCUT2D eigenvalue weighted by molar-refractivity contribution is 5.89. The van der Waals surface area contributed by atoms with Crippen molar-refractivity contribution in [2.24, 2.45) is 5.92 Å². The predicted octanol–water partition coefficient (Wildman–Crippen LogP) is 2.38. The molecule has 180 valence electrons. The first-order valence-electron chi connectivity index (χ1n) is 11.0. The van der Waals surface area contributed by atoms with Crippen molar-refractivity contribution in [2.45, 2.75) is 19.4 Å². The number of carboxylic acid groups (broad SMARTS) is 1. The first-order chi connectivity index (χ1) is 16.4. The number of aromatic nitrogens is 4. The number of nitrogens with zero attached hydrogens (tertiary/aromatic N) is 5. The molecule has 12 heteroatoms. The molecule has 3 aromatic heterocycles. The van der Waals surface area contributed by atoms with Crippen molar-refractivity contribution in [3.63, 3.8) is 0 Å². The molecule has 4 heterocycles. The van der Waals surface area contributed by atoms with Gasteiger partial charge in [-0.2, -0.15) is 0 Å². The summed E-state index contributed by atoms with van der Waals surface area (Å²) in [6.07, 6.45) is 4.67. The Morgan fingerprint density at radius 3 is 2.91 bits per heavy atom. The van der Waals surface area contributed by atoms with E-state index in [-0.39, 0.29) is 25.2 Å². The summed E-state index contributed by atoms with van der Waals surface area (Å²) in [7, 11) is 2.01. The standard InChI is InChI=1S/C22H28N8O4/c1-14-6-9-30(12-17(14)29(2)20-16-5-7-23-19(16)26-13-27-20)21(31)28-15-3-4-18(25-11-15)34-10-8-24-22(32)33/h3-5,7,11,13-14,17,24H,6,8-10,12H2,1-2H3,(H,28,31)(H,32,33)(H,23,26,27). The van der Waals surface area contributed by atoms with Crippen LogP contribution in [0.3, 0.4) is 0 Å². The van der Waals surface area contributed by atoms with Crippen LogP contribution in [0.25, 0.3) is 11.0 Å². The Bertz CT molecular complexity index is 1140. The van der Waals surface area contributed by atoms with Crippen LogP contribution in [0.2, 0.25) is 0 Å². The second kappa shape index (κ2) is 10.2. The number of aromatic amines is 1. The van der Waals surface area contributed by atoms with E-state index in [1.165, 1.54) is 6.20 Å². The van der Waals surface area contributed by atoms with E-state index in [4.69, 9.17) is 9.84 Å². The molecule has 1 aliphatic rings. The molecule has 3 aromatic rings. The Labute approximate surface area is 196 Å². The van der Waals surface area contributed by atoms with Gasteiger partial charge >= 0.3 is 12.1 Å². The van der Waals surface area contributed by atoms with Crippen LogP contribution >= 0.6 is 0 Å². The number of fused-ring (bicyclic) bond motifs is 1. The summed E-state index contributed by atoms with van der Waals surface area (Å²) in [6.45, 7) is 3.73. The zero-order valence-electron chi connectivity index (χ0n) is 19.1. The highest BCUT2D eigenvalue weighted by Gasteiger charge is 2.32. The normalized spacial score (nSPS) is 17.9. The Hall–Kier alpha value is -4.09. The number of urea groups is 1. The molecule has 4 rings (SSSR count). The third-order valence-electron chi connectivity index (χ3n) is 5.99. The average molecular weight is 469 g/mol. The molecule has 3 amide bonds. The maximum Gasteiger partial charge on any atom is 0.404 e. The monoisotopic (exact) mass is 468 g/mol. The molecule has 0 radical (unpaired) electrons. The quantitative estimate of drug-likeness (QED) is 0.386. The van der Waals surface area contributed by atoms with E-state index < -0.39 is 6.09 Å². The number of piperidine rings is 1. The van der Waals surface area contributed by atoms with E-state index in [0.717, 1.165) is 23.3 Å². The molecule has 34 heavy (non-hydrogen) atoms. The summed E-state index contributed by atoms with van der Waals surface area (Å²) in [5.74, 6) is 1.56. The Morgan fingerprint density at radius 2 is 2.15 bits per heavy atom. The molecule has 0 aliphatic carbocycles. The highest BCUT2D eigenvalue weighted by Crippen LogP contribution is 2.29. The average Bonchev–Trinajstić information content (AvgIpc) is 3.31. The topological polar surface area (TPSA) is 149 Å². The summed E-state index contributed by atoms with van der Waals surface area (Å²) in [6, 6.07) is 5.19. The summed E-state index contributed by atoms with van der Waals surface area (Å²) in [4.78, 5) is 43.4. The number of ether oxygens (including phenoxy) is 1. The number of anilines is 2. The van der Waals surface area contributed by atoms with Crippen molar-refractivity contribution in [3.8, 4) is 5.88 Å². The van der Waals surface area contributed by atoms with Crippen molar-refractivity contribution < 1.29 is 19.4 Å². The first kappa shape index (κ1) is 23.1. The number of likely N-dealkylation sites (N-methyl/N-ethyl adjacent to an activating group) is 1. The molecule has 1 aliphatic heterocycles. The van der Waals surface area contributed by atoms with E-state index >= 15 is 0 Å². The summed E-state index contributed by atoms with van der Waals surface area (Å²) >= 11 is 0. The molecule has 0 saturated carbocycles. The van der Waals surface area contributed by atoms with E-state index in [9.17, 15) is 9.59 Å². The van der Waals surface area contributed by atoms with Crippen molar-refractivity contribution in [2.75, 3.05) is 43.5 Å². The summed E-state index contributed by atoms with van der Waals surface area (Å²) in [5, 5.41) is 14.6. The van der Waals surface area contributed by atoms with Gasteiger partial charge in [0.15, 0.2) is 0 Å². The molecule has 1 fully saturated rings. The Kier molecular flexibility index (Phi) is 6.95. The maximum atomic E-state index is 13.0. The van der Waals surface area contributed by atoms with Gasteiger partial charge in [0.25, 0.3) is 0 Å². The number of amides is 3. The van der Waals surface area contributed by atoms with Gasteiger partial charge in [-0.1, -0.05) is 6.92 Å². The minimum atomic E-state index is -1.11. The molecule has 2 atom stereocenters. The molecule has 12 nitrogen and oxygen atoms in total. The van der Waals surface area contributed by atoms with E-state index in [2.05, 4.69) is 42.4 Å². The molecule has 4 N–H and O–H groups in total. The van der Waals surface area contributed by atoms with Crippen LogP contribution in [0, 0.1) is 5.92 Å². The lowest BCUT2D eigenvalue weighted by Crippen LogP contribution is -2.53. The molecule has 0 bridgehead atoms. The van der Waals surface area contributed by atoms with Crippen LogP contribution in [0.15, 0.2) is 36.9 Å².